The fraction of sp³-hybridized carbons (Fsp3) is 0.417. The molecule has 0 aromatic heterocycles. The standard InChI is InChI=1S/C12H17N3O3/c1-8-4-5-9(10(6-8)15(17)18)14-11(16)12(2,3)7-13/h4-6H,7,13H2,1-3H3,(H,14,16). The van der Waals surface area contributed by atoms with E-state index in [1.807, 2.05) is 0 Å². The molecular formula is C12H17N3O3. The number of aryl methyl sites for hydroxylation is 1. The van der Waals surface area contributed by atoms with Gasteiger partial charge in [0, 0.05) is 12.6 Å². The molecule has 1 amide bonds. The first-order valence-electron chi connectivity index (χ1n) is 5.54. The van der Waals surface area contributed by atoms with Crippen molar-refractivity contribution in [3.05, 3.63) is 33.9 Å². The molecule has 1 aromatic rings. The highest BCUT2D eigenvalue weighted by molar-refractivity contribution is 5.96. The number of hydrogen-bond acceptors (Lipinski definition) is 4. The molecule has 3 N–H and O–H groups in total. The van der Waals surface area contributed by atoms with Gasteiger partial charge in [-0.05, 0) is 32.4 Å². The summed E-state index contributed by atoms with van der Waals surface area (Å²) in [6, 6.07) is 4.65. The first kappa shape index (κ1) is 14.1. The quantitative estimate of drug-likeness (QED) is 0.630. The molecule has 6 nitrogen and oxygen atoms in total. The van der Waals surface area contributed by atoms with Gasteiger partial charge >= 0.3 is 0 Å². The van der Waals surface area contributed by atoms with Crippen molar-refractivity contribution in [3.8, 4) is 0 Å². The molecule has 0 saturated carbocycles. The Morgan fingerprint density at radius 1 is 1.50 bits per heavy atom. The molecule has 0 saturated heterocycles. The Bertz CT molecular complexity index is 483. The van der Waals surface area contributed by atoms with Gasteiger partial charge in [-0.1, -0.05) is 6.07 Å². The molecule has 0 fully saturated rings. The molecule has 98 valence electrons. The summed E-state index contributed by atoms with van der Waals surface area (Å²) in [6.07, 6.45) is 0. The first-order valence-corrected chi connectivity index (χ1v) is 5.54. The van der Waals surface area contributed by atoms with Gasteiger partial charge in [0.25, 0.3) is 5.69 Å². The number of benzene rings is 1. The van der Waals surface area contributed by atoms with Gasteiger partial charge in [-0.2, -0.15) is 0 Å². The summed E-state index contributed by atoms with van der Waals surface area (Å²) in [5.74, 6) is -0.336. The van der Waals surface area contributed by atoms with Crippen LogP contribution < -0.4 is 11.1 Å². The van der Waals surface area contributed by atoms with E-state index in [1.54, 1.807) is 26.8 Å². The SMILES string of the molecule is Cc1ccc(NC(=O)C(C)(C)CN)c([N+](=O)[O-])c1. The average Bonchev–Trinajstić information content (AvgIpc) is 2.31. The van der Waals surface area contributed by atoms with E-state index >= 15 is 0 Å². The molecular weight excluding hydrogens is 234 g/mol. The third-order valence-electron chi connectivity index (χ3n) is 2.72. The number of carbonyl (C=O) groups is 1. The lowest BCUT2D eigenvalue weighted by molar-refractivity contribution is -0.384. The van der Waals surface area contributed by atoms with Gasteiger partial charge in [0.2, 0.25) is 5.91 Å². The van der Waals surface area contributed by atoms with Crippen LogP contribution in [-0.2, 0) is 4.79 Å². The van der Waals surface area contributed by atoms with Crippen LogP contribution in [0.4, 0.5) is 11.4 Å². The number of hydrogen-bond donors (Lipinski definition) is 2. The Balaban J connectivity index is 3.05. The van der Waals surface area contributed by atoms with Crippen LogP contribution in [0.25, 0.3) is 0 Å². The zero-order chi connectivity index (χ0) is 13.9. The van der Waals surface area contributed by atoms with Crippen molar-refractivity contribution in [2.24, 2.45) is 11.1 Å². The number of nitro groups is 1. The summed E-state index contributed by atoms with van der Waals surface area (Å²) in [7, 11) is 0. The number of rotatable bonds is 4. The third kappa shape index (κ3) is 3.04. The Morgan fingerprint density at radius 2 is 2.11 bits per heavy atom. The van der Waals surface area contributed by atoms with Crippen LogP contribution in [0, 0.1) is 22.5 Å². The average molecular weight is 251 g/mol. The molecule has 0 unspecified atom stereocenters. The first-order chi connectivity index (χ1) is 8.27. The van der Waals surface area contributed by atoms with E-state index in [-0.39, 0.29) is 23.8 Å². The summed E-state index contributed by atoms with van der Waals surface area (Å²) >= 11 is 0. The topological polar surface area (TPSA) is 98.3 Å². The second kappa shape index (κ2) is 5.14. The number of carbonyl (C=O) groups excluding carboxylic acids is 1. The van der Waals surface area contributed by atoms with Gasteiger partial charge in [0.1, 0.15) is 5.69 Å². The van der Waals surface area contributed by atoms with E-state index in [0.717, 1.165) is 5.56 Å². The number of nitrogens with two attached hydrogens (primary N) is 1. The maximum Gasteiger partial charge on any atom is 0.293 e. The second-order valence-corrected chi connectivity index (χ2v) is 4.82. The van der Waals surface area contributed by atoms with E-state index < -0.39 is 10.3 Å². The zero-order valence-corrected chi connectivity index (χ0v) is 10.7. The smallest absolute Gasteiger partial charge is 0.293 e. The van der Waals surface area contributed by atoms with Crippen molar-refractivity contribution < 1.29 is 9.72 Å². The summed E-state index contributed by atoms with van der Waals surface area (Å²) in [5.41, 5.74) is 5.56. The fourth-order valence-electron chi connectivity index (χ4n) is 1.28. The van der Waals surface area contributed by atoms with Crippen molar-refractivity contribution in [2.75, 3.05) is 11.9 Å². The number of nitro benzene ring substituents is 1. The minimum Gasteiger partial charge on any atom is -0.329 e. The molecule has 1 rings (SSSR count). The maximum atomic E-state index is 11.9. The molecule has 0 atom stereocenters. The maximum absolute atomic E-state index is 11.9. The van der Waals surface area contributed by atoms with Crippen molar-refractivity contribution >= 4 is 17.3 Å². The minimum absolute atomic E-state index is 0.115. The Labute approximate surface area is 105 Å². The van der Waals surface area contributed by atoms with Crippen LogP contribution in [0.3, 0.4) is 0 Å². The molecule has 0 aliphatic carbocycles. The Kier molecular flexibility index (Phi) is 4.03. The lowest BCUT2D eigenvalue weighted by Gasteiger charge is -2.21. The summed E-state index contributed by atoms with van der Waals surface area (Å²) < 4.78 is 0. The molecule has 0 aliphatic rings. The molecule has 6 heteroatoms. The third-order valence-corrected chi connectivity index (χ3v) is 2.72. The molecule has 0 aliphatic heterocycles. The van der Waals surface area contributed by atoms with E-state index in [1.165, 1.54) is 12.1 Å². The van der Waals surface area contributed by atoms with Crippen molar-refractivity contribution in [2.45, 2.75) is 20.8 Å². The molecule has 0 heterocycles. The monoisotopic (exact) mass is 251 g/mol. The van der Waals surface area contributed by atoms with Crippen molar-refractivity contribution in [1.82, 2.24) is 0 Å². The van der Waals surface area contributed by atoms with Crippen molar-refractivity contribution in [3.63, 3.8) is 0 Å². The van der Waals surface area contributed by atoms with Gasteiger partial charge in [-0.15, -0.1) is 0 Å². The predicted molar refractivity (Wildman–Crippen MR) is 69.3 cm³/mol. The van der Waals surface area contributed by atoms with Crippen LogP contribution in [0.2, 0.25) is 0 Å². The van der Waals surface area contributed by atoms with Gasteiger partial charge in [0.15, 0.2) is 0 Å². The van der Waals surface area contributed by atoms with E-state index in [0.29, 0.717) is 0 Å². The number of amides is 1. The minimum atomic E-state index is -0.765. The van der Waals surface area contributed by atoms with E-state index in [2.05, 4.69) is 5.32 Å². The molecule has 18 heavy (non-hydrogen) atoms. The van der Waals surface area contributed by atoms with E-state index in [4.69, 9.17) is 5.73 Å². The highest BCUT2D eigenvalue weighted by Crippen LogP contribution is 2.27. The van der Waals surface area contributed by atoms with Gasteiger partial charge < -0.3 is 11.1 Å². The summed E-state index contributed by atoms with van der Waals surface area (Å²) in [4.78, 5) is 22.3. The molecule has 0 radical (unpaired) electrons. The van der Waals surface area contributed by atoms with Crippen LogP contribution >= 0.6 is 0 Å². The van der Waals surface area contributed by atoms with Crippen LogP contribution in [-0.4, -0.2) is 17.4 Å². The van der Waals surface area contributed by atoms with Gasteiger partial charge in [-0.25, -0.2) is 0 Å². The molecule has 0 spiro atoms. The summed E-state index contributed by atoms with van der Waals surface area (Å²) in [6.45, 7) is 5.28. The molecule has 0 bridgehead atoms. The highest BCUT2D eigenvalue weighted by atomic mass is 16.6. The highest BCUT2D eigenvalue weighted by Gasteiger charge is 2.27. The van der Waals surface area contributed by atoms with Crippen molar-refractivity contribution in [1.29, 1.82) is 0 Å². The number of nitrogens with one attached hydrogen (secondary N) is 1. The second-order valence-electron chi connectivity index (χ2n) is 4.82. The summed E-state index contributed by atoms with van der Waals surface area (Å²) in [5, 5.41) is 13.5. The number of anilines is 1. The Hall–Kier alpha value is -1.95. The van der Waals surface area contributed by atoms with Crippen LogP contribution in [0.1, 0.15) is 19.4 Å². The fourth-order valence-corrected chi connectivity index (χ4v) is 1.28. The predicted octanol–water partition coefficient (Wildman–Crippen LogP) is 1.83. The lowest BCUT2D eigenvalue weighted by Crippen LogP contribution is -2.37. The van der Waals surface area contributed by atoms with Gasteiger partial charge in [-0.3, -0.25) is 14.9 Å². The van der Waals surface area contributed by atoms with Gasteiger partial charge in [0.05, 0.1) is 10.3 Å². The molecule has 1 aromatic carbocycles. The zero-order valence-electron chi connectivity index (χ0n) is 10.7. The number of nitrogens with zero attached hydrogens (tertiary/aromatic N) is 1. The largest absolute Gasteiger partial charge is 0.329 e. The lowest BCUT2D eigenvalue weighted by atomic mass is 9.92. The normalized spacial score (nSPS) is 11.1. The van der Waals surface area contributed by atoms with E-state index in [9.17, 15) is 14.9 Å². The Morgan fingerprint density at radius 3 is 2.61 bits per heavy atom. The van der Waals surface area contributed by atoms with Crippen LogP contribution in [0.5, 0.6) is 0 Å². The van der Waals surface area contributed by atoms with Crippen LogP contribution in [0.15, 0.2) is 18.2 Å².